The molecule has 0 aromatic rings. The third-order valence-corrected chi connectivity index (χ3v) is 0. The molecular weight excluding hydrogens is 293 g/mol. The number of hydrogen-bond donors (Lipinski definition) is 2. The van der Waals surface area contributed by atoms with Crippen LogP contribution in [0.15, 0.2) is 0 Å². The van der Waals surface area contributed by atoms with Crippen LogP contribution in [-0.4, -0.2) is 8.64 Å². The van der Waals surface area contributed by atoms with E-state index in [0.29, 0.717) is 0 Å². The molecule has 0 aromatic carbocycles. The number of nitrogens with two attached hydrogens (primary N) is 2. The Morgan fingerprint density at radius 2 is 1.00 bits per heavy atom. The van der Waals surface area contributed by atoms with E-state index < -0.39 is 0 Å². The van der Waals surface area contributed by atoms with E-state index in [1.165, 1.54) is 0 Å². The van der Waals surface area contributed by atoms with Gasteiger partial charge in [-0.05, 0) is 0 Å². The van der Waals surface area contributed by atoms with Crippen molar-refractivity contribution in [3.8, 4) is 0 Å². The molecule has 0 aliphatic rings. The molecule has 0 heterocycles. The Kier molecular flexibility index (Phi) is 21.9. The van der Waals surface area contributed by atoms with Crippen molar-refractivity contribution < 1.29 is 27.3 Å². The fraction of sp³-hybridized carbons (Fsp3) is 0. The van der Waals surface area contributed by atoms with Gasteiger partial charge in [0.1, 0.15) is 0 Å². The van der Waals surface area contributed by atoms with E-state index in [2.05, 4.69) is 61.2 Å². The monoisotopic (exact) mass is 298 g/mol. The van der Waals surface area contributed by atoms with Crippen molar-refractivity contribution in [1.29, 1.82) is 0 Å². The molecule has 9 heavy (non-hydrogen) atoms. The molecular formula is C2H4CdN2S4. The van der Waals surface area contributed by atoms with Gasteiger partial charge in [-0.3, -0.25) is 0 Å². The summed E-state index contributed by atoms with van der Waals surface area (Å²) in [6.45, 7) is 0. The van der Waals surface area contributed by atoms with E-state index in [9.17, 15) is 0 Å². The quantitative estimate of drug-likeness (QED) is 0.359. The van der Waals surface area contributed by atoms with Crippen LogP contribution in [0.1, 0.15) is 0 Å². The summed E-state index contributed by atoms with van der Waals surface area (Å²) in [4.78, 5) is 0. The molecule has 0 atom stereocenters. The van der Waals surface area contributed by atoms with Gasteiger partial charge in [0.25, 0.3) is 0 Å². The maximum Gasteiger partial charge on any atom is 2.00 e. The van der Waals surface area contributed by atoms with Crippen molar-refractivity contribution in [2.24, 2.45) is 11.5 Å². The van der Waals surface area contributed by atoms with Crippen LogP contribution >= 0.6 is 24.4 Å². The predicted octanol–water partition coefficient (Wildman–Crippen LogP) is -0.449. The summed E-state index contributed by atoms with van der Waals surface area (Å²) >= 11 is 16.5. The van der Waals surface area contributed by atoms with Gasteiger partial charge in [-0.2, -0.15) is 0 Å². The molecule has 0 aliphatic carbocycles. The topological polar surface area (TPSA) is 52.0 Å². The summed E-state index contributed by atoms with van der Waals surface area (Å²) in [6, 6.07) is 0. The zero-order chi connectivity index (χ0) is 7.15. The van der Waals surface area contributed by atoms with Crippen molar-refractivity contribution in [2.45, 2.75) is 0 Å². The van der Waals surface area contributed by atoms with Crippen molar-refractivity contribution >= 4 is 58.3 Å². The Bertz CT molecular complexity index is 74.6. The first-order valence-corrected chi connectivity index (χ1v) is 3.03. The van der Waals surface area contributed by atoms with Crippen molar-refractivity contribution in [1.82, 2.24) is 0 Å². The molecule has 0 saturated heterocycles. The van der Waals surface area contributed by atoms with Gasteiger partial charge in [0.05, 0.1) is 0 Å². The Labute approximate surface area is 96.1 Å². The minimum Gasteiger partial charge on any atom is -0.415 e. The molecule has 0 unspecified atom stereocenters. The van der Waals surface area contributed by atoms with E-state index in [0.717, 1.165) is 0 Å². The van der Waals surface area contributed by atoms with Gasteiger partial charge in [-0.15, -0.1) is 0 Å². The average molecular weight is 297 g/mol. The van der Waals surface area contributed by atoms with Gasteiger partial charge in [0.15, 0.2) is 0 Å². The molecule has 0 fully saturated rings. The van der Waals surface area contributed by atoms with Crippen molar-refractivity contribution in [3.63, 3.8) is 0 Å². The average Bonchev–Trinajstić information content (AvgIpc) is 1.25. The largest absolute Gasteiger partial charge is 2.00 e. The van der Waals surface area contributed by atoms with Crippen LogP contribution in [0.25, 0.3) is 0 Å². The van der Waals surface area contributed by atoms with Gasteiger partial charge in [-0.1, -0.05) is 8.64 Å². The number of rotatable bonds is 0. The van der Waals surface area contributed by atoms with Crippen molar-refractivity contribution in [3.05, 3.63) is 0 Å². The van der Waals surface area contributed by atoms with Crippen LogP contribution in [0.5, 0.6) is 0 Å². The second-order valence-electron chi connectivity index (χ2n) is 0.638. The van der Waals surface area contributed by atoms with E-state index in [4.69, 9.17) is 0 Å². The third kappa shape index (κ3) is 358. The van der Waals surface area contributed by atoms with Crippen LogP contribution in [0.4, 0.5) is 0 Å². The zero-order valence-corrected chi connectivity index (χ0v) is 11.8. The molecule has 0 aromatic heterocycles. The summed E-state index contributed by atoms with van der Waals surface area (Å²) < 4.78 is 0.167. The molecule has 48 valence electrons. The van der Waals surface area contributed by atoms with E-state index in [-0.39, 0.29) is 35.9 Å². The molecule has 0 radical (unpaired) electrons. The van der Waals surface area contributed by atoms with Gasteiger partial charge >= 0.3 is 27.3 Å². The molecule has 4 N–H and O–H groups in total. The summed E-state index contributed by atoms with van der Waals surface area (Å²) in [6.07, 6.45) is 0. The number of thiocarbonyl (C=S) groups is 2. The standard InChI is InChI=1S/2CH3NS2.Cd/c2*2-1(3)4;/h2*(H3,2,3,4);/q;;+2/p-2. The first-order valence-electron chi connectivity index (χ1n) is 1.39. The van der Waals surface area contributed by atoms with Gasteiger partial charge in [0, 0.05) is 0 Å². The number of hydrogen-bond acceptors (Lipinski definition) is 4. The Morgan fingerprint density at radius 3 is 1.00 bits per heavy atom. The molecule has 0 aliphatic heterocycles. The van der Waals surface area contributed by atoms with Crippen LogP contribution in [0, 0.1) is 0 Å². The SMILES string of the molecule is NC(=S)[S-].NC(=S)[S-].[Cd+2]. The van der Waals surface area contributed by atoms with Crippen molar-refractivity contribution in [2.75, 3.05) is 0 Å². The fourth-order valence-corrected chi connectivity index (χ4v) is 0. The normalized spacial score (nSPS) is 5.33. The van der Waals surface area contributed by atoms with Crippen LogP contribution < -0.4 is 11.5 Å². The Morgan fingerprint density at radius 1 is 1.00 bits per heavy atom. The van der Waals surface area contributed by atoms with Gasteiger partial charge in [-0.25, -0.2) is 0 Å². The summed E-state index contributed by atoms with van der Waals surface area (Å²) in [5.41, 5.74) is 9.31. The second-order valence-corrected chi connectivity index (χ2v) is 2.91. The van der Waals surface area contributed by atoms with Crippen LogP contribution in [0.2, 0.25) is 0 Å². The van der Waals surface area contributed by atoms with Gasteiger partial charge in [0.2, 0.25) is 0 Å². The third-order valence-electron chi connectivity index (χ3n) is 0. The zero-order valence-electron chi connectivity index (χ0n) is 4.49. The fourth-order valence-electron chi connectivity index (χ4n) is 0. The van der Waals surface area contributed by atoms with Crippen LogP contribution in [-0.2, 0) is 52.6 Å². The molecule has 0 spiro atoms. The molecule has 0 saturated carbocycles. The summed E-state index contributed by atoms with van der Waals surface area (Å²) in [5.74, 6) is 0. The maximum atomic E-state index is 4.66. The Balaban J connectivity index is -0.0000000720. The van der Waals surface area contributed by atoms with E-state index in [1.807, 2.05) is 0 Å². The summed E-state index contributed by atoms with van der Waals surface area (Å²) in [5, 5.41) is 0. The first-order chi connectivity index (χ1) is 3.46. The smallest absolute Gasteiger partial charge is 0.415 e. The maximum absolute atomic E-state index is 4.66. The van der Waals surface area contributed by atoms with Crippen LogP contribution in [0.3, 0.4) is 0 Å². The molecule has 7 heteroatoms. The van der Waals surface area contributed by atoms with E-state index in [1.54, 1.807) is 0 Å². The predicted molar refractivity (Wildman–Crippen MR) is 48.3 cm³/mol. The summed E-state index contributed by atoms with van der Waals surface area (Å²) in [7, 11) is 0. The minimum atomic E-state index is 0. The minimum absolute atomic E-state index is 0. The van der Waals surface area contributed by atoms with Gasteiger partial charge < -0.3 is 61.2 Å². The Hall–Kier alpha value is 1.14. The van der Waals surface area contributed by atoms with E-state index >= 15 is 0 Å². The molecule has 2 nitrogen and oxygen atoms in total. The molecule has 0 amide bonds. The molecule has 0 rings (SSSR count). The first kappa shape index (κ1) is 16.6. The molecule has 0 bridgehead atoms. The second kappa shape index (κ2) is 11.9.